The van der Waals surface area contributed by atoms with Gasteiger partial charge in [-0.1, -0.05) is 13.8 Å². The highest BCUT2D eigenvalue weighted by Crippen LogP contribution is 2.50. The first-order valence-electron chi connectivity index (χ1n) is 9.01. The fraction of sp³-hybridized carbons (Fsp3) is 0.556. The third kappa shape index (κ3) is 7.24. The number of carbonyl (C=O) groups excluding carboxylic acids is 1. The van der Waals surface area contributed by atoms with Crippen molar-refractivity contribution in [3.05, 3.63) is 29.8 Å². The Labute approximate surface area is 164 Å². The number of hydrogen-bond acceptors (Lipinski definition) is 6. The molecule has 0 saturated carbocycles. The molecule has 1 rings (SSSR count). The second-order valence-electron chi connectivity index (χ2n) is 6.67. The van der Waals surface area contributed by atoms with Crippen molar-refractivity contribution in [1.82, 2.24) is 5.32 Å². The zero-order chi connectivity index (χ0) is 21.3. The van der Waals surface area contributed by atoms with Crippen molar-refractivity contribution in [2.45, 2.75) is 45.0 Å². The van der Waals surface area contributed by atoms with Gasteiger partial charge < -0.3 is 25.8 Å². The molecule has 0 aliphatic heterocycles. The molecule has 0 radical (unpaired) electrons. The number of carboxylic acids is 1. The Hall–Kier alpha value is -1.93. The van der Waals surface area contributed by atoms with E-state index in [9.17, 15) is 24.2 Å². The molecule has 9 nitrogen and oxygen atoms in total. The minimum atomic E-state index is -4.48. The zero-order valence-corrected chi connectivity index (χ0v) is 17.2. The average molecular weight is 416 g/mol. The molecule has 0 aliphatic rings. The Morgan fingerprint density at radius 3 is 2.29 bits per heavy atom. The second kappa shape index (κ2) is 11.2. The molecule has 158 valence electrons. The summed E-state index contributed by atoms with van der Waals surface area (Å²) >= 11 is 0. The van der Waals surface area contributed by atoms with Crippen LogP contribution in [0.25, 0.3) is 0 Å². The third-order valence-electron chi connectivity index (χ3n) is 4.09. The minimum Gasteiger partial charge on any atom is -0.497 e. The molecule has 10 heteroatoms. The van der Waals surface area contributed by atoms with Gasteiger partial charge in [0.1, 0.15) is 11.5 Å². The van der Waals surface area contributed by atoms with Crippen LogP contribution in [0.1, 0.15) is 43.5 Å². The standard InChI is InChI=1S/C18H29N2O7P/c1-12(2)17(20-16(21)13-7-9-14(26-3)10-8-13)28(24,25)27-15(18(22)23)6-4-5-11-19/h7-10,12,15,17H,4-6,11,19H2,1-3H3,(H,20,21)(H,22,23)(H,24,25)/t15-,17?/m0/s1. The molecule has 0 fully saturated rings. The van der Waals surface area contributed by atoms with Crippen LogP contribution in [0.3, 0.4) is 0 Å². The van der Waals surface area contributed by atoms with Crippen LogP contribution in [0.15, 0.2) is 24.3 Å². The van der Waals surface area contributed by atoms with E-state index in [1.807, 2.05) is 0 Å². The molecule has 0 bridgehead atoms. The predicted octanol–water partition coefficient (Wildman–Crippen LogP) is 2.19. The van der Waals surface area contributed by atoms with Gasteiger partial charge in [-0.3, -0.25) is 13.9 Å². The summed E-state index contributed by atoms with van der Waals surface area (Å²) in [6.07, 6.45) is -0.390. The Bertz CT molecular complexity index is 694. The summed E-state index contributed by atoms with van der Waals surface area (Å²) in [6.45, 7) is 3.65. The van der Waals surface area contributed by atoms with Crippen molar-refractivity contribution >= 4 is 19.5 Å². The topological polar surface area (TPSA) is 148 Å². The van der Waals surface area contributed by atoms with Crippen molar-refractivity contribution < 1.29 is 33.4 Å². The number of aliphatic carboxylic acids is 1. The Balaban J connectivity index is 2.92. The molecule has 1 aromatic carbocycles. The number of hydrogen-bond donors (Lipinski definition) is 4. The Kier molecular flexibility index (Phi) is 9.61. The normalized spacial score (nSPS) is 15.5. The van der Waals surface area contributed by atoms with Crippen LogP contribution in [0, 0.1) is 5.92 Å². The van der Waals surface area contributed by atoms with Gasteiger partial charge in [-0.15, -0.1) is 0 Å². The molecule has 1 aromatic rings. The minimum absolute atomic E-state index is 0.0499. The van der Waals surface area contributed by atoms with E-state index in [4.69, 9.17) is 15.0 Å². The molecule has 0 aliphatic carbocycles. The first-order chi connectivity index (χ1) is 13.1. The summed E-state index contributed by atoms with van der Waals surface area (Å²) in [4.78, 5) is 34.3. The molecule has 2 unspecified atom stereocenters. The highest BCUT2D eigenvalue weighted by atomic mass is 31.2. The number of ether oxygens (including phenoxy) is 1. The largest absolute Gasteiger partial charge is 0.497 e. The number of unbranched alkanes of at least 4 members (excludes halogenated alkanes) is 1. The van der Waals surface area contributed by atoms with Crippen molar-refractivity contribution in [3.8, 4) is 5.75 Å². The molecular weight excluding hydrogens is 387 g/mol. The van der Waals surface area contributed by atoms with E-state index in [0.717, 1.165) is 0 Å². The van der Waals surface area contributed by atoms with Gasteiger partial charge in [-0.05, 0) is 56.0 Å². The maximum absolute atomic E-state index is 12.8. The Morgan fingerprint density at radius 1 is 1.21 bits per heavy atom. The maximum Gasteiger partial charge on any atom is 0.351 e. The SMILES string of the molecule is COc1ccc(C(=O)NC(C(C)C)P(=O)(O)O[C@@H](CCCCN)C(=O)O)cc1. The van der Waals surface area contributed by atoms with Crippen molar-refractivity contribution in [1.29, 1.82) is 0 Å². The van der Waals surface area contributed by atoms with Crippen molar-refractivity contribution in [2.75, 3.05) is 13.7 Å². The summed E-state index contributed by atoms with van der Waals surface area (Å²) in [5.41, 5.74) is 5.65. The van der Waals surface area contributed by atoms with Gasteiger partial charge in [0.15, 0.2) is 6.10 Å². The van der Waals surface area contributed by atoms with Crippen LogP contribution in [0.5, 0.6) is 5.75 Å². The third-order valence-corrected chi connectivity index (χ3v) is 6.07. The molecule has 5 N–H and O–H groups in total. The van der Waals surface area contributed by atoms with Gasteiger partial charge in [0.2, 0.25) is 0 Å². The summed E-state index contributed by atoms with van der Waals surface area (Å²) in [5, 5.41) is 11.8. The van der Waals surface area contributed by atoms with Gasteiger partial charge in [0.05, 0.1) is 7.11 Å². The first kappa shape index (κ1) is 24.1. The molecule has 3 atom stereocenters. The van der Waals surface area contributed by atoms with Crippen LogP contribution in [-0.4, -0.2) is 47.4 Å². The zero-order valence-electron chi connectivity index (χ0n) is 16.3. The number of benzene rings is 1. The predicted molar refractivity (Wildman–Crippen MR) is 104 cm³/mol. The highest BCUT2D eigenvalue weighted by molar-refractivity contribution is 7.53. The lowest BCUT2D eigenvalue weighted by atomic mass is 10.1. The lowest BCUT2D eigenvalue weighted by molar-refractivity contribution is -0.145. The number of rotatable bonds is 12. The molecule has 0 heterocycles. The van der Waals surface area contributed by atoms with Gasteiger partial charge in [-0.2, -0.15) is 0 Å². The van der Waals surface area contributed by atoms with Crippen molar-refractivity contribution in [2.24, 2.45) is 11.7 Å². The summed E-state index contributed by atoms with van der Waals surface area (Å²) in [7, 11) is -2.98. The van der Waals surface area contributed by atoms with E-state index in [2.05, 4.69) is 5.32 Å². The van der Waals surface area contributed by atoms with Crippen LogP contribution >= 0.6 is 7.60 Å². The lowest BCUT2D eigenvalue weighted by Crippen LogP contribution is -2.40. The van der Waals surface area contributed by atoms with E-state index < -0.39 is 37.3 Å². The number of carbonyl (C=O) groups is 2. The fourth-order valence-electron chi connectivity index (χ4n) is 2.53. The fourth-order valence-corrected chi connectivity index (χ4v) is 4.25. The Morgan fingerprint density at radius 2 is 1.82 bits per heavy atom. The van der Waals surface area contributed by atoms with E-state index in [-0.39, 0.29) is 12.0 Å². The average Bonchev–Trinajstić information content (AvgIpc) is 2.64. The van der Waals surface area contributed by atoms with Crippen LogP contribution < -0.4 is 15.8 Å². The van der Waals surface area contributed by atoms with Crippen molar-refractivity contribution in [3.63, 3.8) is 0 Å². The number of carboxylic acid groups (broad SMARTS) is 1. The smallest absolute Gasteiger partial charge is 0.351 e. The van der Waals surface area contributed by atoms with E-state index in [1.54, 1.807) is 26.0 Å². The molecule has 0 saturated heterocycles. The first-order valence-corrected chi connectivity index (χ1v) is 10.7. The highest BCUT2D eigenvalue weighted by Gasteiger charge is 2.40. The van der Waals surface area contributed by atoms with Crippen LogP contribution in [0.4, 0.5) is 0 Å². The van der Waals surface area contributed by atoms with E-state index in [1.165, 1.54) is 19.2 Å². The number of nitrogens with two attached hydrogens (primary N) is 1. The van der Waals surface area contributed by atoms with E-state index >= 15 is 0 Å². The van der Waals surface area contributed by atoms with Gasteiger partial charge in [0.25, 0.3) is 5.91 Å². The summed E-state index contributed by atoms with van der Waals surface area (Å²) < 4.78 is 22.9. The molecule has 0 spiro atoms. The molecule has 28 heavy (non-hydrogen) atoms. The van der Waals surface area contributed by atoms with Crippen LogP contribution in [-0.2, 0) is 13.9 Å². The van der Waals surface area contributed by atoms with Crippen LogP contribution in [0.2, 0.25) is 0 Å². The summed E-state index contributed by atoms with van der Waals surface area (Å²) in [6, 6.07) is 6.21. The monoisotopic (exact) mass is 416 g/mol. The van der Waals surface area contributed by atoms with Gasteiger partial charge in [0, 0.05) is 5.56 Å². The van der Waals surface area contributed by atoms with Gasteiger partial charge >= 0.3 is 13.6 Å². The number of amides is 1. The molecular formula is C18H29N2O7P. The molecule has 1 amide bonds. The summed E-state index contributed by atoms with van der Waals surface area (Å²) in [5.74, 6) is -3.09. The van der Waals surface area contributed by atoms with E-state index in [0.29, 0.717) is 25.1 Å². The quantitative estimate of drug-likeness (QED) is 0.299. The molecule has 0 aromatic heterocycles. The maximum atomic E-state index is 12.8. The number of methoxy groups -OCH3 is 1. The van der Waals surface area contributed by atoms with Gasteiger partial charge in [-0.25, -0.2) is 4.79 Å². The number of nitrogens with one attached hydrogen (secondary N) is 1. The second-order valence-corrected chi connectivity index (χ2v) is 8.57. The lowest BCUT2D eigenvalue weighted by Gasteiger charge is -2.28.